The van der Waals surface area contributed by atoms with Crippen molar-refractivity contribution in [2.24, 2.45) is 5.41 Å². The van der Waals surface area contributed by atoms with E-state index in [1.165, 1.54) is 6.42 Å². The highest BCUT2D eigenvalue weighted by Crippen LogP contribution is 2.54. The van der Waals surface area contributed by atoms with Crippen molar-refractivity contribution in [1.82, 2.24) is 19.8 Å². The summed E-state index contributed by atoms with van der Waals surface area (Å²) in [5.74, 6) is 1.10. The molecule has 6 nitrogen and oxygen atoms in total. The average molecular weight is 334 g/mol. The van der Waals surface area contributed by atoms with E-state index in [1.54, 1.807) is 0 Å². The zero-order valence-electron chi connectivity index (χ0n) is 15.3. The molecule has 1 aromatic heterocycles. The molecule has 0 aromatic carbocycles. The first-order valence-corrected chi connectivity index (χ1v) is 9.04. The van der Waals surface area contributed by atoms with Crippen molar-refractivity contribution in [3.8, 4) is 0 Å². The summed E-state index contributed by atoms with van der Waals surface area (Å²) in [5, 5.41) is 3.66. The largest absolute Gasteiger partial charge is 0.444 e. The molecule has 1 N–H and O–H groups in total. The molecule has 2 heterocycles. The van der Waals surface area contributed by atoms with Crippen LogP contribution in [0.3, 0.4) is 0 Å². The minimum absolute atomic E-state index is 0.174. The smallest absolute Gasteiger partial charge is 0.410 e. The Morgan fingerprint density at radius 1 is 1.42 bits per heavy atom. The summed E-state index contributed by atoms with van der Waals surface area (Å²) in [6.45, 7) is 11.3. The first-order valence-electron chi connectivity index (χ1n) is 9.04. The number of carbonyl (C=O) groups excluding carboxylic acids is 1. The number of aromatic nitrogens is 2. The molecule has 1 saturated heterocycles. The molecule has 1 amide bonds. The Labute approximate surface area is 144 Å². The number of nitrogens with one attached hydrogen (secondary N) is 1. The number of ether oxygens (including phenoxy) is 1. The molecule has 0 radical (unpaired) electrons. The van der Waals surface area contributed by atoms with Gasteiger partial charge in [0.05, 0.1) is 6.54 Å². The second-order valence-corrected chi connectivity index (χ2v) is 8.10. The van der Waals surface area contributed by atoms with E-state index < -0.39 is 5.60 Å². The van der Waals surface area contributed by atoms with Crippen molar-refractivity contribution in [2.45, 2.75) is 71.7 Å². The lowest BCUT2D eigenvalue weighted by Crippen LogP contribution is -2.43. The van der Waals surface area contributed by atoms with Crippen LogP contribution in [0.1, 0.15) is 52.8 Å². The Kier molecular flexibility index (Phi) is 4.60. The Hall–Kier alpha value is -1.56. The number of likely N-dealkylation sites (tertiary alicyclic amines) is 1. The monoisotopic (exact) mass is 334 g/mol. The lowest BCUT2D eigenvalue weighted by Gasteiger charge is -2.34. The van der Waals surface area contributed by atoms with Gasteiger partial charge >= 0.3 is 6.09 Å². The Morgan fingerprint density at radius 3 is 2.75 bits per heavy atom. The van der Waals surface area contributed by atoms with Crippen LogP contribution in [0.4, 0.5) is 4.79 Å². The van der Waals surface area contributed by atoms with Crippen LogP contribution in [0.5, 0.6) is 0 Å². The minimum Gasteiger partial charge on any atom is -0.444 e. The number of aryl methyl sites for hydroxylation is 1. The van der Waals surface area contributed by atoms with E-state index in [-0.39, 0.29) is 6.09 Å². The lowest BCUT2D eigenvalue weighted by atomic mass is 9.93. The van der Waals surface area contributed by atoms with E-state index in [0.717, 1.165) is 44.8 Å². The molecule has 1 aromatic rings. The summed E-state index contributed by atoms with van der Waals surface area (Å²) in [7, 11) is 0. The molecule has 3 rings (SSSR count). The fourth-order valence-electron chi connectivity index (χ4n) is 3.66. The van der Waals surface area contributed by atoms with E-state index in [1.807, 2.05) is 38.1 Å². The van der Waals surface area contributed by atoms with Crippen LogP contribution in [-0.2, 0) is 17.8 Å². The van der Waals surface area contributed by atoms with Crippen LogP contribution in [0.25, 0.3) is 0 Å². The van der Waals surface area contributed by atoms with Gasteiger partial charge in [-0.05, 0) is 52.4 Å². The molecule has 1 spiro atoms. The second kappa shape index (κ2) is 6.39. The summed E-state index contributed by atoms with van der Waals surface area (Å²) in [6, 6.07) is 0.556. The van der Waals surface area contributed by atoms with Gasteiger partial charge < -0.3 is 19.5 Å². The summed E-state index contributed by atoms with van der Waals surface area (Å²) in [4.78, 5) is 18.4. The first kappa shape index (κ1) is 17.3. The fourth-order valence-corrected chi connectivity index (χ4v) is 3.66. The van der Waals surface area contributed by atoms with Crippen molar-refractivity contribution < 1.29 is 9.53 Å². The van der Waals surface area contributed by atoms with E-state index in [0.29, 0.717) is 11.5 Å². The molecular weight excluding hydrogens is 304 g/mol. The number of imidazole rings is 1. The minimum atomic E-state index is -0.420. The number of rotatable bonds is 4. The predicted octanol–water partition coefficient (Wildman–Crippen LogP) is 2.78. The lowest BCUT2D eigenvalue weighted by molar-refractivity contribution is 0.0168. The zero-order valence-corrected chi connectivity index (χ0v) is 15.3. The summed E-state index contributed by atoms with van der Waals surface area (Å²) >= 11 is 0. The highest BCUT2D eigenvalue weighted by atomic mass is 16.6. The number of hydrogen-bond acceptors (Lipinski definition) is 4. The third kappa shape index (κ3) is 3.74. The van der Waals surface area contributed by atoms with Gasteiger partial charge in [0, 0.05) is 38.1 Å². The number of nitrogens with zero attached hydrogens (tertiary/aromatic N) is 3. The van der Waals surface area contributed by atoms with Gasteiger partial charge in [0.25, 0.3) is 0 Å². The van der Waals surface area contributed by atoms with E-state index >= 15 is 0 Å². The molecule has 2 fully saturated rings. The quantitative estimate of drug-likeness (QED) is 0.920. The van der Waals surface area contributed by atoms with Crippen molar-refractivity contribution >= 4 is 6.09 Å². The van der Waals surface area contributed by atoms with E-state index in [2.05, 4.69) is 21.8 Å². The fraction of sp³-hybridized carbons (Fsp3) is 0.778. The molecule has 1 aliphatic heterocycles. The maximum absolute atomic E-state index is 12.2. The number of piperidine rings is 1. The predicted molar refractivity (Wildman–Crippen MR) is 92.6 cm³/mol. The molecular formula is C18H30N4O2. The Bertz CT molecular complexity index is 582. The van der Waals surface area contributed by atoms with Gasteiger partial charge in [0.15, 0.2) is 0 Å². The average Bonchev–Trinajstić information content (AvgIpc) is 2.98. The van der Waals surface area contributed by atoms with Crippen LogP contribution in [0, 0.1) is 5.41 Å². The third-order valence-electron chi connectivity index (χ3n) is 5.25. The van der Waals surface area contributed by atoms with Crippen molar-refractivity contribution in [2.75, 3.05) is 13.1 Å². The molecule has 24 heavy (non-hydrogen) atoms. The van der Waals surface area contributed by atoms with Crippen molar-refractivity contribution in [3.63, 3.8) is 0 Å². The molecule has 2 aliphatic rings. The summed E-state index contributed by atoms with van der Waals surface area (Å²) in [5.41, 5.74) is -0.0424. The Balaban J connectivity index is 1.45. The number of amides is 1. The molecule has 1 atom stereocenters. The van der Waals surface area contributed by atoms with Crippen LogP contribution >= 0.6 is 0 Å². The highest BCUT2D eigenvalue weighted by molar-refractivity contribution is 5.68. The van der Waals surface area contributed by atoms with Gasteiger partial charge in [-0.15, -0.1) is 0 Å². The first-order chi connectivity index (χ1) is 11.3. The topological polar surface area (TPSA) is 59.4 Å². The van der Waals surface area contributed by atoms with Crippen molar-refractivity contribution in [3.05, 3.63) is 18.2 Å². The van der Waals surface area contributed by atoms with Crippen LogP contribution in [0.2, 0.25) is 0 Å². The van der Waals surface area contributed by atoms with E-state index in [9.17, 15) is 4.79 Å². The zero-order chi connectivity index (χ0) is 17.4. The SMILES string of the molecule is CCn1ccnc1CN[C@@H]1CC12CCN(C(=O)OC(C)(C)C)CC2. The molecule has 134 valence electrons. The van der Waals surface area contributed by atoms with Crippen molar-refractivity contribution in [1.29, 1.82) is 0 Å². The van der Waals surface area contributed by atoms with Gasteiger partial charge in [-0.25, -0.2) is 9.78 Å². The molecule has 0 bridgehead atoms. The molecule has 6 heteroatoms. The number of hydrogen-bond donors (Lipinski definition) is 1. The van der Waals surface area contributed by atoms with Gasteiger partial charge in [-0.2, -0.15) is 0 Å². The van der Waals surface area contributed by atoms with Crippen LogP contribution in [0.15, 0.2) is 12.4 Å². The molecule has 1 saturated carbocycles. The van der Waals surface area contributed by atoms with Gasteiger partial charge in [-0.1, -0.05) is 0 Å². The van der Waals surface area contributed by atoms with Gasteiger partial charge in [0.1, 0.15) is 11.4 Å². The summed E-state index contributed by atoms with van der Waals surface area (Å²) < 4.78 is 7.65. The maximum Gasteiger partial charge on any atom is 0.410 e. The third-order valence-corrected chi connectivity index (χ3v) is 5.25. The number of carbonyl (C=O) groups is 1. The molecule has 1 aliphatic carbocycles. The highest BCUT2D eigenvalue weighted by Gasteiger charge is 2.55. The normalized spacial score (nSPS) is 22.7. The maximum atomic E-state index is 12.2. The standard InChI is InChI=1S/C18H30N4O2/c1-5-21-11-8-19-15(21)13-20-14-12-18(14)6-9-22(10-7-18)16(23)24-17(2,3)4/h8,11,14,20H,5-7,9-10,12-13H2,1-4H3/t14-/m1/s1. The second-order valence-electron chi connectivity index (χ2n) is 8.10. The van der Waals surface area contributed by atoms with E-state index in [4.69, 9.17) is 4.74 Å². The van der Waals surface area contributed by atoms with Crippen LogP contribution in [-0.4, -0.2) is 45.3 Å². The molecule has 0 unspecified atom stereocenters. The van der Waals surface area contributed by atoms with Crippen LogP contribution < -0.4 is 5.32 Å². The van der Waals surface area contributed by atoms with Gasteiger partial charge in [-0.3, -0.25) is 0 Å². The Morgan fingerprint density at radius 2 is 2.12 bits per heavy atom. The summed E-state index contributed by atoms with van der Waals surface area (Å²) in [6.07, 6.45) is 7.05. The van der Waals surface area contributed by atoms with Gasteiger partial charge in [0.2, 0.25) is 0 Å².